The number of carboxylic acids is 1. The van der Waals surface area contributed by atoms with Crippen molar-refractivity contribution in [2.75, 3.05) is 0 Å². The molecule has 0 heterocycles. The second-order valence-corrected chi connectivity index (χ2v) is 5.40. The van der Waals surface area contributed by atoms with E-state index < -0.39 is 5.97 Å². The first-order chi connectivity index (χ1) is 9.63. The van der Waals surface area contributed by atoms with Crippen molar-refractivity contribution in [3.63, 3.8) is 0 Å². The van der Waals surface area contributed by atoms with Crippen LogP contribution in [0.5, 0.6) is 5.75 Å². The first-order valence-corrected chi connectivity index (χ1v) is 7.67. The van der Waals surface area contributed by atoms with Crippen molar-refractivity contribution < 1.29 is 44.6 Å². The molecule has 0 unspecified atom stereocenters. The van der Waals surface area contributed by atoms with Gasteiger partial charge in [0, 0.05) is 0 Å². The summed E-state index contributed by atoms with van der Waals surface area (Å²) in [5, 5.41) is 20.3. The quantitative estimate of drug-likeness (QED) is 0.521. The standard InChI is InChI=1S/C17H26O3.Na/c1-2-3-4-5-6-7-8-9-10-14-11-15(17(19)20)13-16(18)12-14;/h11-13,18H,2-10H2,1H3,(H,19,20);/q;+1/p-1. The van der Waals surface area contributed by atoms with Crippen LogP contribution in [0.2, 0.25) is 0 Å². The summed E-state index contributed by atoms with van der Waals surface area (Å²) in [6.45, 7) is 2.22. The van der Waals surface area contributed by atoms with E-state index in [1.165, 1.54) is 44.6 Å². The van der Waals surface area contributed by atoms with Crippen molar-refractivity contribution in [3.8, 4) is 5.75 Å². The van der Waals surface area contributed by atoms with Gasteiger partial charge in [0.2, 0.25) is 0 Å². The minimum atomic E-state index is -1.03. The van der Waals surface area contributed by atoms with Crippen LogP contribution in [0.15, 0.2) is 18.2 Å². The Labute approximate surface area is 150 Å². The Bertz CT molecular complexity index is 418. The molecule has 1 N–H and O–H groups in total. The van der Waals surface area contributed by atoms with Gasteiger partial charge in [-0.15, -0.1) is 5.75 Å². The molecule has 0 atom stereocenters. The number of hydrogen-bond acceptors (Lipinski definition) is 2. The zero-order chi connectivity index (χ0) is 14.8. The van der Waals surface area contributed by atoms with Gasteiger partial charge in [0.05, 0.1) is 5.56 Å². The number of benzene rings is 1. The summed E-state index contributed by atoms with van der Waals surface area (Å²) >= 11 is 0. The molecule has 0 aliphatic carbocycles. The summed E-state index contributed by atoms with van der Waals surface area (Å²) in [6.07, 6.45) is 10.7. The summed E-state index contributed by atoms with van der Waals surface area (Å²) in [7, 11) is 0. The first-order valence-electron chi connectivity index (χ1n) is 7.67. The van der Waals surface area contributed by atoms with E-state index in [1.54, 1.807) is 12.1 Å². The van der Waals surface area contributed by atoms with E-state index in [0.717, 1.165) is 24.8 Å². The Morgan fingerprint density at radius 3 is 2.14 bits per heavy atom. The molecule has 0 aromatic heterocycles. The minimum absolute atomic E-state index is 0. The van der Waals surface area contributed by atoms with Crippen LogP contribution in [-0.2, 0) is 6.42 Å². The molecule has 3 nitrogen and oxygen atoms in total. The Morgan fingerprint density at radius 1 is 1.00 bits per heavy atom. The summed E-state index contributed by atoms with van der Waals surface area (Å²) in [5.41, 5.74) is 0.952. The second kappa shape index (κ2) is 12.1. The maximum absolute atomic E-state index is 11.4. The average Bonchev–Trinajstić information content (AvgIpc) is 2.41. The minimum Gasteiger partial charge on any atom is -0.872 e. The van der Waals surface area contributed by atoms with Crippen LogP contribution in [-0.4, -0.2) is 11.1 Å². The second-order valence-electron chi connectivity index (χ2n) is 5.40. The van der Waals surface area contributed by atoms with Crippen LogP contribution in [0.4, 0.5) is 0 Å². The van der Waals surface area contributed by atoms with Gasteiger partial charge in [0.15, 0.2) is 0 Å². The molecule has 0 bridgehead atoms. The van der Waals surface area contributed by atoms with Crippen LogP contribution in [0.3, 0.4) is 0 Å². The molecule has 0 fully saturated rings. The van der Waals surface area contributed by atoms with Gasteiger partial charge in [0.1, 0.15) is 0 Å². The molecule has 0 aliphatic rings. The van der Waals surface area contributed by atoms with Gasteiger partial charge in [-0.1, -0.05) is 64.0 Å². The zero-order valence-electron chi connectivity index (χ0n) is 13.4. The van der Waals surface area contributed by atoms with Crippen LogP contribution >= 0.6 is 0 Å². The smallest absolute Gasteiger partial charge is 0.872 e. The SMILES string of the molecule is CCCCCCCCCCc1cc([O-])cc(C(=O)O)c1.[Na+]. The molecule has 1 rings (SSSR count). The van der Waals surface area contributed by atoms with Gasteiger partial charge < -0.3 is 10.2 Å². The van der Waals surface area contributed by atoms with Gasteiger partial charge in [0.25, 0.3) is 0 Å². The number of aromatic carboxylic acids is 1. The van der Waals surface area contributed by atoms with E-state index in [9.17, 15) is 9.90 Å². The van der Waals surface area contributed by atoms with Crippen molar-refractivity contribution in [1.29, 1.82) is 0 Å². The summed E-state index contributed by atoms with van der Waals surface area (Å²) in [6, 6.07) is 4.35. The van der Waals surface area contributed by atoms with E-state index in [2.05, 4.69) is 6.92 Å². The maximum Gasteiger partial charge on any atom is 1.00 e. The first kappa shape index (κ1) is 20.5. The normalized spacial score (nSPS) is 10.1. The number of unbranched alkanes of at least 4 members (excludes halogenated alkanes) is 7. The summed E-state index contributed by atoms with van der Waals surface area (Å²) < 4.78 is 0. The number of hydrogen-bond donors (Lipinski definition) is 1. The van der Waals surface area contributed by atoms with E-state index in [-0.39, 0.29) is 40.9 Å². The van der Waals surface area contributed by atoms with Gasteiger partial charge in [-0.3, -0.25) is 0 Å². The fourth-order valence-electron chi connectivity index (χ4n) is 2.39. The molecule has 21 heavy (non-hydrogen) atoms. The Morgan fingerprint density at radius 2 is 1.57 bits per heavy atom. The zero-order valence-corrected chi connectivity index (χ0v) is 15.4. The molecular weight excluding hydrogens is 275 g/mol. The van der Waals surface area contributed by atoms with Crippen molar-refractivity contribution in [2.24, 2.45) is 0 Å². The molecule has 0 spiro atoms. The van der Waals surface area contributed by atoms with Gasteiger partial charge in [-0.05, 0) is 24.5 Å². The van der Waals surface area contributed by atoms with Gasteiger partial charge >= 0.3 is 35.5 Å². The van der Waals surface area contributed by atoms with E-state index in [4.69, 9.17) is 5.11 Å². The van der Waals surface area contributed by atoms with E-state index in [0.29, 0.717) is 0 Å². The molecule has 4 heteroatoms. The molecule has 0 saturated carbocycles. The molecule has 112 valence electrons. The predicted molar refractivity (Wildman–Crippen MR) is 79.2 cm³/mol. The van der Waals surface area contributed by atoms with Gasteiger partial charge in [-0.25, -0.2) is 4.79 Å². The summed E-state index contributed by atoms with van der Waals surface area (Å²) in [4.78, 5) is 10.9. The number of aryl methyl sites for hydroxylation is 1. The largest absolute Gasteiger partial charge is 1.00 e. The monoisotopic (exact) mass is 300 g/mol. The third-order valence-corrected chi connectivity index (χ3v) is 3.53. The fraction of sp³-hybridized carbons (Fsp3) is 0.588. The van der Waals surface area contributed by atoms with Crippen LogP contribution in [0.1, 0.15) is 74.2 Å². The maximum atomic E-state index is 11.4. The molecule has 1 aromatic carbocycles. The van der Waals surface area contributed by atoms with E-state index >= 15 is 0 Å². The van der Waals surface area contributed by atoms with Crippen LogP contribution in [0, 0.1) is 0 Å². The number of carbonyl (C=O) groups is 1. The predicted octanol–water partition coefficient (Wildman–Crippen LogP) is 1.15. The van der Waals surface area contributed by atoms with Crippen LogP contribution < -0.4 is 34.7 Å². The Hall–Kier alpha value is -0.510. The van der Waals surface area contributed by atoms with Crippen molar-refractivity contribution >= 4 is 5.97 Å². The third-order valence-electron chi connectivity index (χ3n) is 3.53. The Kier molecular flexibility index (Phi) is 11.8. The van der Waals surface area contributed by atoms with E-state index in [1.807, 2.05) is 0 Å². The molecule has 0 saturated heterocycles. The van der Waals surface area contributed by atoms with Crippen molar-refractivity contribution in [3.05, 3.63) is 29.3 Å². The number of carboxylic acid groups (broad SMARTS) is 1. The fourth-order valence-corrected chi connectivity index (χ4v) is 2.39. The molecular formula is C17H25NaO3. The topological polar surface area (TPSA) is 60.4 Å². The molecule has 1 aromatic rings. The molecule has 0 aliphatic heterocycles. The third kappa shape index (κ3) is 9.18. The van der Waals surface area contributed by atoms with Crippen molar-refractivity contribution in [2.45, 2.75) is 64.7 Å². The van der Waals surface area contributed by atoms with Gasteiger partial charge in [-0.2, -0.15) is 0 Å². The number of rotatable bonds is 10. The van der Waals surface area contributed by atoms with Crippen molar-refractivity contribution in [1.82, 2.24) is 0 Å². The average molecular weight is 300 g/mol. The molecule has 0 radical (unpaired) electrons. The summed E-state index contributed by atoms with van der Waals surface area (Å²) in [5.74, 6) is -1.24. The molecule has 0 amide bonds. The van der Waals surface area contributed by atoms with Crippen LogP contribution in [0.25, 0.3) is 0 Å². The Balaban J connectivity index is 0.00000400.